The molecule has 0 saturated heterocycles. The molecule has 0 radical (unpaired) electrons. The topological polar surface area (TPSA) is 86.8 Å². The highest BCUT2D eigenvalue weighted by Gasteiger charge is 2.34. The maximum absolute atomic E-state index is 14.0. The summed E-state index contributed by atoms with van der Waals surface area (Å²) in [4.78, 5) is 28.4. The molecule has 0 spiro atoms. The van der Waals surface area contributed by atoms with Gasteiger partial charge >= 0.3 is 0 Å². The van der Waals surface area contributed by atoms with Crippen molar-refractivity contribution in [2.24, 2.45) is 0 Å². The standard InChI is InChI=1S/C29H32Cl2FN3O4S/c1-5-27(29(37)33-19(2)3)34(17-21-8-9-22(30)16-26(21)31)28(36)18-35(24-12-10-23(32)11-13-24)40(38,39)25-14-6-20(4)7-15-25/h6-16,19,27H,5,17-18H2,1-4H3,(H,33,37)/t27-/m1/s1. The largest absolute Gasteiger partial charge is 0.352 e. The number of anilines is 1. The number of hydrogen-bond donors (Lipinski definition) is 1. The number of carbonyl (C=O) groups excluding carboxylic acids is 2. The third kappa shape index (κ3) is 7.74. The summed E-state index contributed by atoms with van der Waals surface area (Å²) in [6.45, 7) is 6.48. The molecule has 0 saturated carbocycles. The SMILES string of the molecule is CC[C@H](C(=O)NC(C)C)N(Cc1ccc(Cl)cc1Cl)C(=O)CN(c1ccc(F)cc1)S(=O)(=O)c1ccc(C)cc1. The Bertz CT molecular complexity index is 1450. The van der Waals surface area contributed by atoms with Crippen LogP contribution in [-0.4, -0.2) is 43.8 Å². The van der Waals surface area contributed by atoms with E-state index in [9.17, 15) is 22.4 Å². The van der Waals surface area contributed by atoms with Crippen molar-refractivity contribution in [3.8, 4) is 0 Å². The summed E-state index contributed by atoms with van der Waals surface area (Å²) in [5.74, 6) is -1.58. The van der Waals surface area contributed by atoms with Gasteiger partial charge in [-0.15, -0.1) is 0 Å². The Kier molecular flexibility index (Phi) is 10.6. The molecule has 0 aliphatic carbocycles. The summed E-state index contributed by atoms with van der Waals surface area (Å²) >= 11 is 12.5. The van der Waals surface area contributed by atoms with Crippen LogP contribution in [0.2, 0.25) is 10.0 Å². The zero-order valence-corrected chi connectivity index (χ0v) is 25.0. The third-order valence-electron chi connectivity index (χ3n) is 6.18. The predicted octanol–water partition coefficient (Wildman–Crippen LogP) is 5.97. The number of nitrogens with one attached hydrogen (secondary N) is 1. The molecule has 1 N–H and O–H groups in total. The van der Waals surface area contributed by atoms with Crippen LogP contribution in [0, 0.1) is 12.7 Å². The van der Waals surface area contributed by atoms with Gasteiger partial charge < -0.3 is 10.2 Å². The molecule has 3 aromatic carbocycles. The van der Waals surface area contributed by atoms with Gasteiger partial charge in [-0.05, 0) is 81.3 Å². The molecule has 1 atom stereocenters. The van der Waals surface area contributed by atoms with Crippen molar-refractivity contribution >= 4 is 50.7 Å². The van der Waals surface area contributed by atoms with Crippen LogP contribution in [0.15, 0.2) is 71.6 Å². The number of hydrogen-bond acceptors (Lipinski definition) is 4. The molecule has 0 aliphatic rings. The molecular weight excluding hydrogens is 576 g/mol. The number of nitrogens with zero attached hydrogens (tertiary/aromatic N) is 2. The monoisotopic (exact) mass is 607 g/mol. The minimum Gasteiger partial charge on any atom is -0.352 e. The Balaban J connectivity index is 2.08. The summed E-state index contributed by atoms with van der Waals surface area (Å²) in [5, 5.41) is 3.53. The average molecular weight is 609 g/mol. The summed E-state index contributed by atoms with van der Waals surface area (Å²) in [6, 6.07) is 14.7. The lowest BCUT2D eigenvalue weighted by atomic mass is 10.1. The maximum Gasteiger partial charge on any atom is 0.264 e. The van der Waals surface area contributed by atoms with E-state index in [0.29, 0.717) is 15.6 Å². The molecule has 0 unspecified atom stereocenters. The molecule has 214 valence electrons. The Morgan fingerprint density at radius 2 is 1.60 bits per heavy atom. The zero-order valence-electron chi connectivity index (χ0n) is 22.7. The Labute approximate surface area is 244 Å². The lowest BCUT2D eigenvalue weighted by molar-refractivity contribution is -0.140. The third-order valence-corrected chi connectivity index (χ3v) is 8.55. The van der Waals surface area contributed by atoms with Crippen LogP contribution in [-0.2, 0) is 26.2 Å². The molecule has 0 heterocycles. The fourth-order valence-corrected chi connectivity index (χ4v) is 5.99. The number of halogens is 3. The van der Waals surface area contributed by atoms with Gasteiger partial charge in [0.2, 0.25) is 11.8 Å². The predicted molar refractivity (Wildman–Crippen MR) is 156 cm³/mol. The van der Waals surface area contributed by atoms with Crippen molar-refractivity contribution in [3.63, 3.8) is 0 Å². The molecule has 40 heavy (non-hydrogen) atoms. The fraction of sp³-hybridized carbons (Fsp3) is 0.310. The van der Waals surface area contributed by atoms with Gasteiger partial charge in [-0.3, -0.25) is 13.9 Å². The number of sulfonamides is 1. The zero-order chi connectivity index (χ0) is 29.6. The lowest BCUT2D eigenvalue weighted by Crippen LogP contribution is -2.53. The van der Waals surface area contributed by atoms with Crippen molar-refractivity contribution in [2.45, 2.75) is 57.6 Å². The Hall–Kier alpha value is -3.14. The van der Waals surface area contributed by atoms with E-state index >= 15 is 0 Å². The normalized spacial score (nSPS) is 12.2. The molecule has 0 aliphatic heterocycles. The minimum atomic E-state index is -4.25. The highest BCUT2D eigenvalue weighted by Crippen LogP contribution is 2.27. The molecule has 7 nitrogen and oxygen atoms in total. The van der Waals surface area contributed by atoms with Gasteiger partial charge in [-0.25, -0.2) is 12.8 Å². The number of rotatable bonds is 11. The smallest absolute Gasteiger partial charge is 0.264 e. The molecule has 0 aromatic heterocycles. The van der Waals surface area contributed by atoms with E-state index in [1.54, 1.807) is 45.0 Å². The summed E-state index contributed by atoms with van der Waals surface area (Å²) in [6.07, 6.45) is 0.261. The van der Waals surface area contributed by atoms with Crippen molar-refractivity contribution < 1.29 is 22.4 Å². The lowest BCUT2D eigenvalue weighted by Gasteiger charge is -2.33. The van der Waals surface area contributed by atoms with Gasteiger partial charge in [0.25, 0.3) is 10.0 Å². The first-order valence-corrected chi connectivity index (χ1v) is 14.9. The van der Waals surface area contributed by atoms with Gasteiger partial charge in [0.1, 0.15) is 18.4 Å². The van der Waals surface area contributed by atoms with Crippen molar-refractivity contribution in [2.75, 3.05) is 10.8 Å². The number of carbonyl (C=O) groups is 2. The minimum absolute atomic E-state index is 0.0351. The van der Waals surface area contributed by atoms with E-state index in [0.717, 1.165) is 22.0 Å². The van der Waals surface area contributed by atoms with Crippen molar-refractivity contribution in [1.29, 1.82) is 0 Å². The molecule has 3 aromatic rings. The number of benzene rings is 3. The average Bonchev–Trinajstić information content (AvgIpc) is 2.88. The molecule has 2 amide bonds. The van der Waals surface area contributed by atoms with Crippen LogP contribution in [0.3, 0.4) is 0 Å². The van der Waals surface area contributed by atoms with Crippen LogP contribution in [0.25, 0.3) is 0 Å². The van der Waals surface area contributed by atoms with Gasteiger partial charge in [0.05, 0.1) is 10.6 Å². The van der Waals surface area contributed by atoms with E-state index in [1.807, 2.05) is 6.92 Å². The quantitative estimate of drug-likeness (QED) is 0.291. The first-order valence-electron chi connectivity index (χ1n) is 12.7. The molecule has 11 heteroatoms. The van der Waals surface area contributed by atoms with E-state index in [2.05, 4.69) is 5.32 Å². The maximum atomic E-state index is 14.0. The van der Waals surface area contributed by atoms with Gasteiger partial charge in [0.15, 0.2) is 0 Å². The summed E-state index contributed by atoms with van der Waals surface area (Å²) in [5.41, 5.74) is 1.49. The summed E-state index contributed by atoms with van der Waals surface area (Å²) in [7, 11) is -4.25. The Morgan fingerprint density at radius 3 is 2.15 bits per heavy atom. The summed E-state index contributed by atoms with van der Waals surface area (Å²) < 4.78 is 42.3. The molecule has 3 rings (SSSR count). The van der Waals surface area contributed by atoms with Gasteiger partial charge in [-0.2, -0.15) is 0 Å². The second-order valence-electron chi connectivity index (χ2n) is 9.65. The highest BCUT2D eigenvalue weighted by atomic mass is 35.5. The molecule has 0 fully saturated rings. The van der Waals surface area contributed by atoms with Crippen LogP contribution in [0.1, 0.15) is 38.3 Å². The second kappa shape index (κ2) is 13.5. The van der Waals surface area contributed by atoms with Crippen molar-refractivity contribution in [1.82, 2.24) is 10.2 Å². The number of amides is 2. The van der Waals surface area contributed by atoms with Crippen LogP contribution in [0.4, 0.5) is 10.1 Å². The van der Waals surface area contributed by atoms with Crippen LogP contribution in [0.5, 0.6) is 0 Å². The van der Waals surface area contributed by atoms with E-state index in [-0.39, 0.29) is 35.5 Å². The highest BCUT2D eigenvalue weighted by molar-refractivity contribution is 7.92. The van der Waals surface area contributed by atoms with Crippen molar-refractivity contribution in [3.05, 3.63) is 93.7 Å². The van der Waals surface area contributed by atoms with E-state index in [1.165, 1.54) is 35.2 Å². The Morgan fingerprint density at radius 1 is 0.975 bits per heavy atom. The molecular formula is C29H32Cl2FN3O4S. The second-order valence-corrected chi connectivity index (χ2v) is 12.4. The number of aryl methyl sites for hydroxylation is 1. The van der Waals surface area contributed by atoms with E-state index < -0.39 is 34.3 Å². The van der Waals surface area contributed by atoms with Crippen LogP contribution >= 0.6 is 23.2 Å². The molecule has 0 bridgehead atoms. The van der Waals surface area contributed by atoms with Crippen LogP contribution < -0.4 is 9.62 Å². The van der Waals surface area contributed by atoms with Gasteiger partial charge in [-0.1, -0.05) is 53.9 Å². The van der Waals surface area contributed by atoms with E-state index in [4.69, 9.17) is 23.2 Å². The van der Waals surface area contributed by atoms with Gasteiger partial charge in [0, 0.05) is 22.6 Å². The first kappa shape index (κ1) is 31.4. The first-order chi connectivity index (χ1) is 18.8. The fourth-order valence-electron chi connectivity index (χ4n) is 4.11.